The second kappa shape index (κ2) is 12.4. The topological polar surface area (TPSA) is 60.7 Å². The molecule has 1 aromatic heterocycles. The Hall–Kier alpha value is -2.17. The molecule has 0 fully saturated rings. The van der Waals surface area contributed by atoms with Gasteiger partial charge in [-0.25, -0.2) is 0 Å². The van der Waals surface area contributed by atoms with Gasteiger partial charge >= 0.3 is 0 Å². The van der Waals surface area contributed by atoms with Gasteiger partial charge < -0.3 is 19.1 Å². The smallest absolute Gasteiger partial charge is 0.297 e. The summed E-state index contributed by atoms with van der Waals surface area (Å²) in [5, 5.41) is 11.2. The monoisotopic (exact) mass is 403 g/mol. The van der Waals surface area contributed by atoms with E-state index in [4.69, 9.17) is 9.47 Å². The first-order valence-electron chi connectivity index (χ1n) is 11.2. The minimum atomic E-state index is -0.318. The molecule has 0 radical (unpaired) electrons. The lowest BCUT2D eigenvalue weighted by Crippen LogP contribution is -2.20. The molecule has 0 aliphatic carbocycles. The van der Waals surface area contributed by atoms with Crippen molar-refractivity contribution >= 4 is 10.9 Å². The zero-order chi connectivity index (χ0) is 21.1. The van der Waals surface area contributed by atoms with Crippen LogP contribution >= 0.6 is 0 Å². The van der Waals surface area contributed by atoms with E-state index in [-0.39, 0.29) is 17.1 Å². The molecule has 0 aliphatic heterocycles. The van der Waals surface area contributed by atoms with Crippen molar-refractivity contribution in [2.24, 2.45) is 7.05 Å². The number of nitrogens with zero attached hydrogens (tertiary/aromatic N) is 1. The van der Waals surface area contributed by atoms with Gasteiger partial charge in [-0.05, 0) is 25.0 Å². The van der Waals surface area contributed by atoms with E-state index in [2.05, 4.69) is 13.8 Å². The first-order valence-corrected chi connectivity index (χ1v) is 11.2. The van der Waals surface area contributed by atoms with Crippen LogP contribution in [0.4, 0.5) is 0 Å². The molecule has 0 spiro atoms. The van der Waals surface area contributed by atoms with Crippen molar-refractivity contribution in [2.75, 3.05) is 13.2 Å². The van der Waals surface area contributed by atoms with Crippen molar-refractivity contribution in [2.45, 2.75) is 78.1 Å². The van der Waals surface area contributed by atoms with Crippen molar-refractivity contribution in [1.82, 2.24) is 4.57 Å². The van der Waals surface area contributed by atoms with Crippen LogP contribution in [0.3, 0.4) is 0 Å². The van der Waals surface area contributed by atoms with E-state index in [0.29, 0.717) is 29.9 Å². The van der Waals surface area contributed by atoms with Crippen molar-refractivity contribution in [3.05, 3.63) is 28.6 Å². The Kier molecular flexibility index (Phi) is 9.89. The van der Waals surface area contributed by atoms with Gasteiger partial charge in [0.2, 0.25) is 5.75 Å². The molecule has 0 saturated heterocycles. The zero-order valence-electron chi connectivity index (χ0n) is 18.3. The summed E-state index contributed by atoms with van der Waals surface area (Å²) >= 11 is 0. The summed E-state index contributed by atoms with van der Waals surface area (Å²) in [6.07, 6.45) is 11.4. The molecule has 2 rings (SSSR count). The van der Waals surface area contributed by atoms with Crippen LogP contribution in [0.5, 0.6) is 17.2 Å². The van der Waals surface area contributed by atoms with Crippen LogP contribution in [0.1, 0.15) is 78.1 Å². The number of aromatic nitrogens is 1. The summed E-state index contributed by atoms with van der Waals surface area (Å²) in [6, 6.07) is 5.45. The van der Waals surface area contributed by atoms with E-state index in [1.165, 1.54) is 43.1 Å². The largest absolute Gasteiger partial charge is 0.504 e. The molecule has 0 saturated carbocycles. The Balaban J connectivity index is 2.03. The summed E-state index contributed by atoms with van der Waals surface area (Å²) in [6.45, 7) is 5.48. The predicted octanol–water partition coefficient (Wildman–Crippen LogP) is 5.94. The molecule has 2 aromatic rings. The van der Waals surface area contributed by atoms with Crippen LogP contribution in [0, 0.1) is 0 Å². The summed E-state index contributed by atoms with van der Waals surface area (Å²) in [5.41, 5.74) is 0.326. The molecule has 0 atom stereocenters. The molecule has 1 N–H and O–H groups in total. The standard InChI is InChI=1S/C24H37NO4/c1-4-6-8-10-11-13-17-29-23-22(26)20-15-14-19(28-16-12-9-7-5-2)18-21(20)25(3)24(23)27/h14-15,18,26H,4-13,16-17H2,1-3H3. The van der Waals surface area contributed by atoms with Crippen LogP contribution in [0.25, 0.3) is 10.9 Å². The number of unbranched alkanes of at least 4 members (excludes halogenated alkanes) is 8. The van der Waals surface area contributed by atoms with Crippen LogP contribution in [0.2, 0.25) is 0 Å². The fraction of sp³-hybridized carbons (Fsp3) is 0.625. The molecule has 1 aromatic carbocycles. The molecule has 5 nitrogen and oxygen atoms in total. The Morgan fingerprint density at radius 2 is 1.45 bits per heavy atom. The molecule has 0 bridgehead atoms. The Labute approximate surface area is 174 Å². The first-order chi connectivity index (χ1) is 14.1. The lowest BCUT2D eigenvalue weighted by Gasteiger charge is -2.14. The lowest BCUT2D eigenvalue weighted by atomic mass is 10.1. The maximum Gasteiger partial charge on any atom is 0.297 e. The normalized spacial score (nSPS) is 11.1. The number of benzene rings is 1. The second-order valence-electron chi connectivity index (χ2n) is 7.75. The SMILES string of the molecule is CCCCCCCCOc1c(O)c2ccc(OCCCCCC)cc2n(C)c1=O. The van der Waals surface area contributed by atoms with Gasteiger partial charge in [0.25, 0.3) is 5.56 Å². The third-order valence-electron chi connectivity index (χ3n) is 5.31. The Morgan fingerprint density at radius 3 is 2.14 bits per heavy atom. The highest BCUT2D eigenvalue weighted by Gasteiger charge is 2.16. The fourth-order valence-corrected chi connectivity index (χ4v) is 3.47. The fourth-order valence-electron chi connectivity index (χ4n) is 3.47. The molecule has 29 heavy (non-hydrogen) atoms. The van der Waals surface area contributed by atoms with Gasteiger partial charge in [0, 0.05) is 18.5 Å². The molecule has 0 amide bonds. The number of aryl methyl sites for hydroxylation is 1. The van der Waals surface area contributed by atoms with Crippen LogP contribution in [-0.2, 0) is 7.05 Å². The predicted molar refractivity (Wildman–Crippen MR) is 119 cm³/mol. The third kappa shape index (κ3) is 6.69. The quantitative estimate of drug-likeness (QED) is 0.396. The average Bonchev–Trinajstić information content (AvgIpc) is 2.73. The number of ether oxygens (including phenoxy) is 2. The van der Waals surface area contributed by atoms with Crippen molar-refractivity contribution in [1.29, 1.82) is 0 Å². The van der Waals surface area contributed by atoms with Crippen LogP contribution < -0.4 is 15.0 Å². The average molecular weight is 404 g/mol. The Morgan fingerprint density at radius 1 is 0.862 bits per heavy atom. The number of fused-ring (bicyclic) bond motifs is 1. The second-order valence-corrected chi connectivity index (χ2v) is 7.75. The van der Waals surface area contributed by atoms with Gasteiger partial charge in [0.05, 0.1) is 18.7 Å². The highest BCUT2D eigenvalue weighted by atomic mass is 16.5. The number of aromatic hydroxyl groups is 1. The third-order valence-corrected chi connectivity index (χ3v) is 5.31. The minimum absolute atomic E-state index is 0.0433. The van der Waals surface area contributed by atoms with E-state index in [9.17, 15) is 9.90 Å². The lowest BCUT2D eigenvalue weighted by molar-refractivity contribution is 0.284. The van der Waals surface area contributed by atoms with Crippen LogP contribution in [0.15, 0.2) is 23.0 Å². The van der Waals surface area contributed by atoms with Gasteiger partial charge in [0.1, 0.15) is 5.75 Å². The molecule has 0 aliphatic rings. The molecule has 5 heteroatoms. The van der Waals surface area contributed by atoms with E-state index in [0.717, 1.165) is 25.7 Å². The highest BCUT2D eigenvalue weighted by molar-refractivity contribution is 5.88. The summed E-state index contributed by atoms with van der Waals surface area (Å²) in [5.74, 6) is 0.675. The number of hydrogen-bond donors (Lipinski definition) is 1. The van der Waals surface area contributed by atoms with Gasteiger partial charge in [-0.1, -0.05) is 65.2 Å². The minimum Gasteiger partial charge on any atom is -0.504 e. The Bertz CT molecular complexity index is 813. The number of hydrogen-bond acceptors (Lipinski definition) is 4. The molecule has 1 heterocycles. The van der Waals surface area contributed by atoms with Gasteiger partial charge in [-0.3, -0.25) is 4.79 Å². The van der Waals surface area contributed by atoms with E-state index in [1.54, 1.807) is 13.1 Å². The maximum absolute atomic E-state index is 12.7. The van der Waals surface area contributed by atoms with Gasteiger partial charge in [-0.15, -0.1) is 0 Å². The van der Waals surface area contributed by atoms with Gasteiger partial charge in [-0.2, -0.15) is 0 Å². The molecular weight excluding hydrogens is 366 g/mol. The van der Waals surface area contributed by atoms with Crippen molar-refractivity contribution in [3.8, 4) is 17.2 Å². The van der Waals surface area contributed by atoms with Crippen molar-refractivity contribution < 1.29 is 14.6 Å². The number of rotatable bonds is 14. The zero-order valence-corrected chi connectivity index (χ0v) is 18.3. The van der Waals surface area contributed by atoms with Crippen molar-refractivity contribution in [3.63, 3.8) is 0 Å². The molecular formula is C24H37NO4. The number of pyridine rings is 1. The summed E-state index contributed by atoms with van der Waals surface area (Å²) in [7, 11) is 1.70. The summed E-state index contributed by atoms with van der Waals surface area (Å²) in [4.78, 5) is 12.7. The van der Waals surface area contributed by atoms with E-state index in [1.807, 2.05) is 12.1 Å². The highest BCUT2D eigenvalue weighted by Crippen LogP contribution is 2.33. The van der Waals surface area contributed by atoms with E-state index >= 15 is 0 Å². The molecule has 0 unspecified atom stereocenters. The van der Waals surface area contributed by atoms with E-state index < -0.39 is 0 Å². The van der Waals surface area contributed by atoms with Gasteiger partial charge in [0.15, 0.2) is 5.75 Å². The maximum atomic E-state index is 12.7. The summed E-state index contributed by atoms with van der Waals surface area (Å²) < 4.78 is 13.0. The van der Waals surface area contributed by atoms with Crippen LogP contribution in [-0.4, -0.2) is 22.9 Å². The molecule has 162 valence electrons. The first kappa shape index (κ1) is 23.1.